The molecule has 1 aliphatic carbocycles. The maximum Gasteiger partial charge on any atom is 0.0443 e. The van der Waals surface area contributed by atoms with Crippen LogP contribution < -0.4 is 0 Å². The number of aliphatic hydroxyl groups excluding tert-OH is 1. The molecule has 0 unspecified atom stereocenters. The molecule has 82 valence electrons. The van der Waals surface area contributed by atoms with Crippen molar-refractivity contribution in [2.45, 2.75) is 44.9 Å². The number of hydrogen-bond donors (Lipinski definition) is 1. The first-order valence-corrected chi connectivity index (χ1v) is 6.18. The molecule has 1 N–H and O–H groups in total. The van der Waals surface area contributed by atoms with Crippen LogP contribution in [-0.2, 0) is 0 Å². The van der Waals surface area contributed by atoms with E-state index in [-0.39, 0.29) is 0 Å². The van der Waals surface area contributed by atoms with Crippen LogP contribution in [0.5, 0.6) is 0 Å². The molecule has 14 heavy (non-hydrogen) atoms. The normalized spacial score (nSPS) is 27.2. The van der Waals surface area contributed by atoms with Gasteiger partial charge in [0.1, 0.15) is 0 Å². The maximum absolute atomic E-state index is 8.80. The third-order valence-corrected chi connectivity index (χ3v) is 4.06. The zero-order chi connectivity index (χ0) is 9.86. The number of aliphatic hydroxyl groups is 1. The standard InChI is InChI=1S/C12H23NO/c14-10-4-8-13-9-7-12(11-13)5-2-1-3-6-12/h14H,1-11H2. The largest absolute Gasteiger partial charge is 0.396 e. The molecule has 1 spiro atoms. The van der Waals surface area contributed by atoms with Crippen molar-refractivity contribution in [2.24, 2.45) is 5.41 Å². The van der Waals surface area contributed by atoms with Crippen LogP contribution in [0.1, 0.15) is 44.9 Å². The zero-order valence-corrected chi connectivity index (χ0v) is 9.17. The minimum atomic E-state index is 0.351. The van der Waals surface area contributed by atoms with Crippen molar-refractivity contribution in [3.8, 4) is 0 Å². The van der Waals surface area contributed by atoms with Crippen molar-refractivity contribution in [3.05, 3.63) is 0 Å². The Morgan fingerprint density at radius 2 is 1.86 bits per heavy atom. The van der Waals surface area contributed by atoms with E-state index in [2.05, 4.69) is 4.90 Å². The number of rotatable bonds is 3. The second-order valence-electron chi connectivity index (χ2n) is 5.16. The molecule has 2 nitrogen and oxygen atoms in total. The second-order valence-corrected chi connectivity index (χ2v) is 5.16. The molecule has 1 heterocycles. The summed E-state index contributed by atoms with van der Waals surface area (Å²) >= 11 is 0. The van der Waals surface area contributed by atoms with Gasteiger partial charge in [-0.3, -0.25) is 0 Å². The van der Waals surface area contributed by atoms with Crippen molar-refractivity contribution in [1.82, 2.24) is 4.90 Å². The monoisotopic (exact) mass is 197 g/mol. The Kier molecular flexibility index (Phi) is 3.45. The Labute approximate surface area is 87.3 Å². The van der Waals surface area contributed by atoms with Crippen LogP contribution in [-0.4, -0.2) is 36.2 Å². The fraction of sp³-hybridized carbons (Fsp3) is 1.00. The predicted molar refractivity (Wildman–Crippen MR) is 58.3 cm³/mol. The van der Waals surface area contributed by atoms with Crippen molar-refractivity contribution in [2.75, 3.05) is 26.2 Å². The first-order valence-electron chi connectivity index (χ1n) is 6.18. The third-order valence-electron chi connectivity index (χ3n) is 4.06. The summed E-state index contributed by atoms with van der Waals surface area (Å²) in [4.78, 5) is 2.56. The first kappa shape index (κ1) is 10.4. The van der Waals surface area contributed by atoms with E-state index < -0.39 is 0 Å². The molecule has 0 aromatic heterocycles. The van der Waals surface area contributed by atoms with E-state index in [1.165, 1.54) is 51.6 Å². The van der Waals surface area contributed by atoms with Crippen molar-refractivity contribution in [1.29, 1.82) is 0 Å². The van der Waals surface area contributed by atoms with Gasteiger partial charge in [0, 0.05) is 19.7 Å². The van der Waals surface area contributed by atoms with E-state index in [1.807, 2.05) is 0 Å². The zero-order valence-electron chi connectivity index (χ0n) is 9.17. The summed E-state index contributed by atoms with van der Waals surface area (Å²) in [6.07, 6.45) is 9.65. The average molecular weight is 197 g/mol. The van der Waals surface area contributed by atoms with Crippen LogP contribution in [0, 0.1) is 5.41 Å². The third kappa shape index (κ3) is 2.29. The molecule has 1 aliphatic heterocycles. The van der Waals surface area contributed by atoms with Crippen LogP contribution in [0.15, 0.2) is 0 Å². The summed E-state index contributed by atoms with van der Waals surface area (Å²) in [5, 5.41) is 8.80. The lowest BCUT2D eigenvalue weighted by molar-refractivity contribution is 0.179. The van der Waals surface area contributed by atoms with Crippen LogP contribution in [0.4, 0.5) is 0 Å². The van der Waals surface area contributed by atoms with E-state index in [1.54, 1.807) is 0 Å². The molecule has 1 saturated carbocycles. The van der Waals surface area contributed by atoms with Crippen molar-refractivity contribution < 1.29 is 5.11 Å². The highest BCUT2D eigenvalue weighted by molar-refractivity contribution is 4.91. The second kappa shape index (κ2) is 4.63. The summed E-state index contributed by atoms with van der Waals surface area (Å²) in [5.41, 5.74) is 0.688. The molecule has 0 radical (unpaired) electrons. The minimum absolute atomic E-state index is 0.351. The lowest BCUT2D eigenvalue weighted by atomic mass is 9.73. The summed E-state index contributed by atoms with van der Waals surface area (Å²) in [7, 11) is 0. The highest BCUT2D eigenvalue weighted by atomic mass is 16.3. The molecule has 0 atom stereocenters. The summed E-state index contributed by atoms with van der Waals surface area (Å²) < 4.78 is 0. The van der Waals surface area contributed by atoms with Gasteiger partial charge in [0.15, 0.2) is 0 Å². The summed E-state index contributed by atoms with van der Waals surface area (Å²) in [6, 6.07) is 0. The predicted octanol–water partition coefficient (Wildman–Crippen LogP) is 2.02. The SMILES string of the molecule is OCCCN1CCC2(CCCCC2)C1. The molecular formula is C12H23NO. The number of likely N-dealkylation sites (tertiary alicyclic amines) is 1. The quantitative estimate of drug-likeness (QED) is 0.748. The van der Waals surface area contributed by atoms with Crippen LogP contribution in [0.3, 0.4) is 0 Å². The molecule has 0 aromatic carbocycles. The Bertz CT molecular complexity index is 175. The average Bonchev–Trinajstić information content (AvgIpc) is 2.60. The van der Waals surface area contributed by atoms with Gasteiger partial charge in [-0.05, 0) is 37.6 Å². The summed E-state index contributed by atoms with van der Waals surface area (Å²) in [6.45, 7) is 4.05. The molecule has 2 fully saturated rings. The van der Waals surface area contributed by atoms with Gasteiger partial charge >= 0.3 is 0 Å². The molecule has 0 amide bonds. The Morgan fingerprint density at radius 3 is 2.57 bits per heavy atom. The Hall–Kier alpha value is -0.0800. The molecule has 1 saturated heterocycles. The lowest BCUT2D eigenvalue weighted by Gasteiger charge is -2.33. The molecule has 0 aromatic rings. The van der Waals surface area contributed by atoms with E-state index in [0.29, 0.717) is 12.0 Å². The molecule has 0 bridgehead atoms. The van der Waals surface area contributed by atoms with Crippen LogP contribution in [0.2, 0.25) is 0 Å². The van der Waals surface area contributed by atoms with Gasteiger partial charge in [0.25, 0.3) is 0 Å². The van der Waals surface area contributed by atoms with Gasteiger partial charge in [0.05, 0.1) is 0 Å². The fourth-order valence-electron chi connectivity index (χ4n) is 3.22. The molecule has 2 aliphatic rings. The molecule has 2 rings (SSSR count). The summed E-state index contributed by atoms with van der Waals surface area (Å²) in [5.74, 6) is 0. The van der Waals surface area contributed by atoms with E-state index in [4.69, 9.17) is 5.11 Å². The van der Waals surface area contributed by atoms with Crippen LogP contribution >= 0.6 is 0 Å². The van der Waals surface area contributed by atoms with Gasteiger partial charge in [0.2, 0.25) is 0 Å². The van der Waals surface area contributed by atoms with Gasteiger partial charge in [-0.25, -0.2) is 0 Å². The number of hydrogen-bond acceptors (Lipinski definition) is 2. The van der Waals surface area contributed by atoms with Crippen molar-refractivity contribution in [3.63, 3.8) is 0 Å². The number of nitrogens with zero attached hydrogens (tertiary/aromatic N) is 1. The van der Waals surface area contributed by atoms with E-state index in [0.717, 1.165) is 13.0 Å². The molecular weight excluding hydrogens is 174 g/mol. The highest BCUT2D eigenvalue weighted by Crippen LogP contribution is 2.43. The smallest absolute Gasteiger partial charge is 0.0443 e. The van der Waals surface area contributed by atoms with E-state index >= 15 is 0 Å². The maximum atomic E-state index is 8.80. The highest BCUT2D eigenvalue weighted by Gasteiger charge is 2.38. The first-order chi connectivity index (χ1) is 6.85. The van der Waals surface area contributed by atoms with Gasteiger partial charge in [-0.15, -0.1) is 0 Å². The minimum Gasteiger partial charge on any atom is -0.396 e. The van der Waals surface area contributed by atoms with Gasteiger partial charge < -0.3 is 10.0 Å². The Morgan fingerprint density at radius 1 is 1.07 bits per heavy atom. The van der Waals surface area contributed by atoms with Gasteiger partial charge in [-0.2, -0.15) is 0 Å². The fourth-order valence-corrected chi connectivity index (χ4v) is 3.22. The topological polar surface area (TPSA) is 23.5 Å². The van der Waals surface area contributed by atoms with Gasteiger partial charge in [-0.1, -0.05) is 19.3 Å². The van der Waals surface area contributed by atoms with Crippen LogP contribution in [0.25, 0.3) is 0 Å². The lowest BCUT2D eigenvalue weighted by Crippen LogP contribution is -2.30. The van der Waals surface area contributed by atoms with Crippen molar-refractivity contribution >= 4 is 0 Å². The Balaban J connectivity index is 1.80. The molecule has 2 heteroatoms. The van der Waals surface area contributed by atoms with E-state index in [9.17, 15) is 0 Å².